The Balaban J connectivity index is 2.47. The first-order valence-electron chi connectivity index (χ1n) is 8.07. The van der Waals surface area contributed by atoms with E-state index in [2.05, 4.69) is 5.32 Å². The largest absolute Gasteiger partial charge is 0.505 e. The molecule has 0 bridgehead atoms. The van der Waals surface area contributed by atoms with Crippen LogP contribution in [0.15, 0.2) is 27.8 Å². The Morgan fingerprint density at radius 3 is 2.40 bits per heavy atom. The molecule has 2 aromatic carbocycles. The van der Waals surface area contributed by atoms with E-state index < -0.39 is 10.9 Å². The molecule has 7 heteroatoms. The minimum atomic E-state index is -0.614. The van der Waals surface area contributed by atoms with Crippen LogP contribution in [0.2, 0.25) is 0 Å². The van der Waals surface area contributed by atoms with E-state index in [1.807, 2.05) is 13.8 Å². The first-order chi connectivity index (χ1) is 11.7. The van der Waals surface area contributed by atoms with Crippen LogP contribution in [0.4, 0.5) is 17.1 Å². The summed E-state index contributed by atoms with van der Waals surface area (Å²) in [6, 6.07) is 4.75. The summed E-state index contributed by atoms with van der Waals surface area (Å²) in [5.74, 6) is -0.582. The lowest BCUT2D eigenvalue weighted by molar-refractivity contribution is 0.0824. The zero-order chi connectivity index (χ0) is 18.9. The number of phenols is 1. The van der Waals surface area contributed by atoms with Crippen molar-refractivity contribution in [2.45, 2.75) is 26.3 Å². The fraction of sp³-hybridized carbons (Fsp3) is 0.389. The van der Waals surface area contributed by atoms with Gasteiger partial charge in [-0.25, -0.2) is 0 Å². The van der Waals surface area contributed by atoms with Crippen molar-refractivity contribution >= 4 is 23.0 Å². The molecule has 25 heavy (non-hydrogen) atoms. The Kier molecular flexibility index (Phi) is 5.15. The molecule has 0 radical (unpaired) electrons. The Labute approximate surface area is 146 Å². The van der Waals surface area contributed by atoms with Gasteiger partial charge in [-0.05, 0) is 25.5 Å². The molecule has 0 saturated carbocycles. The van der Waals surface area contributed by atoms with Crippen molar-refractivity contribution in [1.82, 2.24) is 4.90 Å². The van der Waals surface area contributed by atoms with Crippen LogP contribution in [0.3, 0.4) is 0 Å². The Bertz CT molecular complexity index is 866. The van der Waals surface area contributed by atoms with Crippen LogP contribution in [-0.4, -0.2) is 43.1 Å². The molecule has 7 nitrogen and oxygen atoms in total. The predicted octanol–water partition coefficient (Wildman–Crippen LogP) is 1.67. The van der Waals surface area contributed by atoms with E-state index >= 15 is 0 Å². The molecule has 1 amide bonds. The second-order valence-electron chi connectivity index (χ2n) is 6.27. The normalized spacial score (nSPS) is 12.0. The molecule has 0 aromatic heterocycles. The summed E-state index contributed by atoms with van der Waals surface area (Å²) in [4.78, 5) is 38.9. The highest BCUT2D eigenvalue weighted by molar-refractivity contribution is 5.99. The Morgan fingerprint density at radius 2 is 1.84 bits per heavy atom. The smallest absolute Gasteiger partial charge is 0.257 e. The van der Waals surface area contributed by atoms with Crippen LogP contribution in [0.5, 0.6) is 5.75 Å². The first-order valence-corrected chi connectivity index (χ1v) is 8.07. The standard InChI is InChI=1S/C18H23N3O4/c1-6-10(2)19-13-14(17(24)16(13)23)21(5)12-9-7-8-11(15(12)22)18(25)20(3)4/h7-10,19,22H,6H2,1-5H3/t10-/m1/s1. The molecule has 2 N–H and O–H groups in total. The van der Waals surface area contributed by atoms with Crippen LogP contribution in [-0.2, 0) is 0 Å². The molecule has 1 atom stereocenters. The summed E-state index contributed by atoms with van der Waals surface area (Å²) in [5, 5.41) is 13.5. The maximum atomic E-state index is 12.2. The van der Waals surface area contributed by atoms with Crippen LogP contribution >= 0.6 is 0 Å². The highest BCUT2D eigenvalue weighted by atomic mass is 16.3. The zero-order valence-corrected chi connectivity index (χ0v) is 15.1. The second-order valence-corrected chi connectivity index (χ2v) is 6.27. The number of nitrogens with zero attached hydrogens (tertiary/aromatic N) is 2. The van der Waals surface area contributed by atoms with Crippen molar-refractivity contribution in [2.24, 2.45) is 0 Å². The Hall–Kier alpha value is -2.83. The number of para-hydroxylation sites is 1. The highest BCUT2D eigenvalue weighted by Crippen LogP contribution is 2.36. The molecular weight excluding hydrogens is 322 g/mol. The molecule has 0 aliphatic heterocycles. The molecule has 0 fully saturated rings. The van der Waals surface area contributed by atoms with E-state index in [-0.39, 0.29) is 40.3 Å². The quantitative estimate of drug-likeness (QED) is 0.774. The van der Waals surface area contributed by atoms with Gasteiger partial charge in [-0.15, -0.1) is 0 Å². The van der Waals surface area contributed by atoms with E-state index in [0.717, 1.165) is 6.42 Å². The van der Waals surface area contributed by atoms with Gasteiger partial charge in [0, 0.05) is 27.2 Å². The zero-order valence-electron chi connectivity index (χ0n) is 15.1. The van der Waals surface area contributed by atoms with Crippen molar-refractivity contribution in [3.05, 3.63) is 44.2 Å². The van der Waals surface area contributed by atoms with Gasteiger partial charge in [0.05, 0.1) is 11.3 Å². The summed E-state index contributed by atoms with van der Waals surface area (Å²) in [5.41, 5.74) is -0.337. The van der Waals surface area contributed by atoms with Crippen molar-refractivity contribution < 1.29 is 9.90 Å². The lowest BCUT2D eigenvalue weighted by Gasteiger charge is -2.26. The van der Waals surface area contributed by atoms with E-state index in [1.54, 1.807) is 33.3 Å². The highest BCUT2D eigenvalue weighted by Gasteiger charge is 2.28. The molecular formula is C18H23N3O4. The van der Waals surface area contributed by atoms with Gasteiger partial charge in [-0.2, -0.15) is 0 Å². The fourth-order valence-electron chi connectivity index (χ4n) is 2.52. The first kappa shape index (κ1) is 18.5. The number of rotatable bonds is 6. The number of amides is 1. The molecule has 0 heterocycles. The van der Waals surface area contributed by atoms with Crippen LogP contribution in [0.1, 0.15) is 30.6 Å². The monoisotopic (exact) mass is 345 g/mol. The number of anilines is 3. The van der Waals surface area contributed by atoms with Gasteiger partial charge in [0.1, 0.15) is 11.4 Å². The fourth-order valence-corrected chi connectivity index (χ4v) is 2.52. The average Bonchev–Trinajstić information content (AvgIpc) is 2.59. The minimum Gasteiger partial charge on any atom is -0.505 e. The lowest BCUT2D eigenvalue weighted by Crippen LogP contribution is -2.41. The molecule has 0 unspecified atom stereocenters. The van der Waals surface area contributed by atoms with Crippen LogP contribution in [0.25, 0.3) is 0 Å². The van der Waals surface area contributed by atoms with Gasteiger partial charge in [0.15, 0.2) is 5.75 Å². The van der Waals surface area contributed by atoms with E-state index in [0.29, 0.717) is 0 Å². The maximum absolute atomic E-state index is 12.2. The topological polar surface area (TPSA) is 89.9 Å². The summed E-state index contributed by atoms with van der Waals surface area (Å²) in [6.45, 7) is 3.88. The number of hydrogen-bond donors (Lipinski definition) is 2. The van der Waals surface area contributed by atoms with Crippen molar-refractivity contribution in [1.29, 1.82) is 0 Å². The van der Waals surface area contributed by atoms with Gasteiger partial charge in [0.25, 0.3) is 16.8 Å². The summed E-state index contributed by atoms with van der Waals surface area (Å²) in [6.07, 6.45) is 0.792. The molecule has 2 rings (SSSR count). The minimum absolute atomic E-state index is 0.0331. The number of hydrogen-bond acceptors (Lipinski definition) is 6. The third-order valence-electron chi connectivity index (χ3n) is 4.24. The van der Waals surface area contributed by atoms with Crippen molar-refractivity contribution in [2.75, 3.05) is 31.4 Å². The van der Waals surface area contributed by atoms with Gasteiger partial charge >= 0.3 is 0 Å². The predicted molar refractivity (Wildman–Crippen MR) is 98.9 cm³/mol. The number of carbonyl (C=O) groups is 1. The van der Waals surface area contributed by atoms with Gasteiger partial charge < -0.3 is 20.2 Å². The number of phenolic OH excluding ortho intramolecular Hbond substituents is 1. The van der Waals surface area contributed by atoms with Crippen LogP contribution in [0, 0.1) is 0 Å². The molecule has 0 saturated heterocycles. The molecule has 2 aromatic rings. The third-order valence-corrected chi connectivity index (χ3v) is 4.24. The molecule has 0 spiro atoms. The van der Waals surface area contributed by atoms with E-state index in [4.69, 9.17) is 0 Å². The van der Waals surface area contributed by atoms with Gasteiger partial charge in [-0.3, -0.25) is 14.4 Å². The number of carbonyl (C=O) groups excluding carboxylic acids is 1. The SMILES string of the molecule is CC[C@@H](C)Nc1c(N(C)c2cccc(C(=O)N(C)C)c2O)c(=O)c1=O. The van der Waals surface area contributed by atoms with Crippen molar-refractivity contribution in [3.63, 3.8) is 0 Å². The summed E-state index contributed by atoms with van der Waals surface area (Å²) in [7, 11) is 4.75. The molecule has 134 valence electrons. The molecule has 0 aliphatic carbocycles. The summed E-state index contributed by atoms with van der Waals surface area (Å²) < 4.78 is 0. The number of benzene rings is 1. The maximum Gasteiger partial charge on any atom is 0.257 e. The van der Waals surface area contributed by atoms with E-state index in [1.165, 1.54) is 15.9 Å². The van der Waals surface area contributed by atoms with E-state index in [9.17, 15) is 19.5 Å². The van der Waals surface area contributed by atoms with Crippen molar-refractivity contribution in [3.8, 4) is 5.75 Å². The summed E-state index contributed by atoms with van der Waals surface area (Å²) >= 11 is 0. The second kappa shape index (κ2) is 6.96. The molecule has 0 aliphatic rings. The average molecular weight is 345 g/mol. The van der Waals surface area contributed by atoms with Gasteiger partial charge in [-0.1, -0.05) is 13.0 Å². The van der Waals surface area contributed by atoms with Crippen LogP contribution < -0.4 is 21.1 Å². The third kappa shape index (κ3) is 3.22. The lowest BCUT2D eigenvalue weighted by atomic mass is 10.1. The number of nitrogens with one attached hydrogen (secondary N) is 1. The Morgan fingerprint density at radius 1 is 1.20 bits per heavy atom. The van der Waals surface area contributed by atoms with Gasteiger partial charge in [0.2, 0.25) is 0 Å². The number of aromatic hydroxyl groups is 1.